The van der Waals surface area contributed by atoms with Gasteiger partial charge in [0.05, 0.1) is 43.5 Å². The van der Waals surface area contributed by atoms with Crippen LogP contribution in [0.1, 0.15) is 12.5 Å². The quantitative estimate of drug-likeness (QED) is 0.180. The van der Waals surface area contributed by atoms with Crippen LogP contribution in [0.15, 0.2) is 18.2 Å². The van der Waals surface area contributed by atoms with Crippen LogP contribution in [0.3, 0.4) is 0 Å². The van der Waals surface area contributed by atoms with E-state index in [-0.39, 0.29) is 44.2 Å². The first kappa shape index (κ1) is 27.9. The molecule has 1 aromatic rings. The zero-order valence-corrected chi connectivity index (χ0v) is 18.9. The first-order chi connectivity index (χ1) is 15.9. The normalized spacial score (nSPS) is 10.4. The van der Waals surface area contributed by atoms with Gasteiger partial charge in [-0.1, -0.05) is 0 Å². The highest BCUT2D eigenvalue weighted by molar-refractivity contribution is 5.68. The van der Waals surface area contributed by atoms with E-state index in [2.05, 4.69) is 10.6 Å². The van der Waals surface area contributed by atoms with Gasteiger partial charge < -0.3 is 39.6 Å². The number of hydrogen-bond acceptors (Lipinski definition) is 10. The fourth-order valence-corrected chi connectivity index (χ4v) is 2.51. The second-order valence-electron chi connectivity index (χ2n) is 6.58. The van der Waals surface area contributed by atoms with Crippen molar-refractivity contribution in [1.29, 1.82) is 0 Å². The van der Waals surface area contributed by atoms with Gasteiger partial charge in [0.2, 0.25) is 0 Å². The lowest BCUT2D eigenvalue weighted by atomic mass is 10.1. The topological polar surface area (TPSA) is 162 Å². The molecule has 13 heteroatoms. The summed E-state index contributed by atoms with van der Waals surface area (Å²) in [6.45, 7) is 4.04. The number of aliphatic hydroxyl groups excluding tert-OH is 1. The lowest BCUT2D eigenvalue weighted by molar-refractivity contribution is -0.385. The molecule has 0 aliphatic rings. The summed E-state index contributed by atoms with van der Waals surface area (Å²) in [5.41, 5.74) is 0.674. The predicted octanol–water partition coefficient (Wildman–Crippen LogP) is 1.03. The molecular weight excluding hydrogens is 440 g/mol. The first-order valence-electron chi connectivity index (χ1n) is 10.4. The van der Waals surface area contributed by atoms with Crippen molar-refractivity contribution >= 4 is 23.6 Å². The third-order valence-corrected chi connectivity index (χ3v) is 4.23. The van der Waals surface area contributed by atoms with Gasteiger partial charge in [0.15, 0.2) is 0 Å². The molecule has 0 aliphatic carbocycles. The molecule has 0 atom stereocenters. The van der Waals surface area contributed by atoms with Crippen LogP contribution in [0.5, 0.6) is 0 Å². The van der Waals surface area contributed by atoms with E-state index in [9.17, 15) is 24.8 Å². The number of carbonyl (C=O) groups excluding carboxylic acids is 2. The van der Waals surface area contributed by atoms with Gasteiger partial charge in [-0.05, 0) is 19.1 Å². The molecule has 13 nitrogen and oxygen atoms in total. The highest BCUT2D eigenvalue weighted by atomic mass is 16.6. The Labute approximate surface area is 192 Å². The van der Waals surface area contributed by atoms with E-state index in [1.54, 1.807) is 18.0 Å². The molecule has 33 heavy (non-hydrogen) atoms. The molecule has 0 unspecified atom stereocenters. The van der Waals surface area contributed by atoms with Crippen molar-refractivity contribution in [2.45, 2.75) is 13.5 Å². The number of alkyl carbamates (subject to hydrolysis) is 2. The molecule has 2 amide bonds. The maximum atomic E-state index is 11.7. The summed E-state index contributed by atoms with van der Waals surface area (Å²) in [6.07, 6.45) is -1.27. The second-order valence-corrected chi connectivity index (χ2v) is 6.58. The molecule has 0 bridgehead atoms. The Bertz CT molecular complexity index is 748. The Hall–Kier alpha value is -3.16. The smallest absolute Gasteiger partial charge is 0.407 e. The summed E-state index contributed by atoms with van der Waals surface area (Å²) in [5.74, 6) is 0. The molecule has 0 saturated carbocycles. The van der Waals surface area contributed by atoms with Gasteiger partial charge in [-0.15, -0.1) is 0 Å². The number of likely N-dealkylation sites (N-methyl/N-ethyl adjacent to an activating group) is 1. The third kappa shape index (κ3) is 11.9. The molecule has 0 fully saturated rings. The lowest BCUT2D eigenvalue weighted by Gasteiger charge is -2.19. The molecule has 3 N–H and O–H groups in total. The summed E-state index contributed by atoms with van der Waals surface area (Å²) in [5, 5.41) is 25.2. The molecule has 1 rings (SSSR count). The number of aliphatic hydroxyl groups is 1. The summed E-state index contributed by atoms with van der Waals surface area (Å²) in [4.78, 5) is 35.3. The number of nitro benzene ring substituents is 1. The van der Waals surface area contributed by atoms with Gasteiger partial charge >= 0.3 is 12.2 Å². The van der Waals surface area contributed by atoms with Crippen molar-refractivity contribution in [3.05, 3.63) is 33.9 Å². The molecule has 186 valence electrons. The van der Waals surface area contributed by atoms with E-state index in [4.69, 9.17) is 18.9 Å². The van der Waals surface area contributed by atoms with Crippen LogP contribution in [-0.2, 0) is 25.6 Å². The van der Waals surface area contributed by atoms with Crippen LogP contribution in [-0.4, -0.2) is 88.5 Å². The van der Waals surface area contributed by atoms with Crippen molar-refractivity contribution in [3.63, 3.8) is 0 Å². The summed E-state index contributed by atoms with van der Waals surface area (Å²) >= 11 is 0. The number of nitrogens with one attached hydrogen (secondary N) is 2. The molecule has 0 saturated heterocycles. The third-order valence-electron chi connectivity index (χ3n) is 4.23. The number of hydrogen-bond donors (Lipinski definition) is 3. The van der Waals surface area contributed by atoms with Gasteiger partial charge in [-0.2, -0.15) is 0 Å². The average molecular weight is 472 g/mol. The van der Waals surface area contributed by atoms with Crippen molar-refractivity contribution < 1.29 is 38.6 Å². The number of ether oxygens (including phenoxy) is 4. The molecule has 1 aromatic carbocycles. The Morgan fingerprint density at radius 3 is 2.24 bits per heavy atom. The van der Waals surface area contributed by atoms with Crippen molar-refractivity contribution in [2.75, 3.05) is 71.2 Å². The van der Waals surface area contributed by atoms with E-state index in [0.717, 1.165) is 0 Å². The summed E-state index contributed by atoms with van der Waals surface area (Å²) in [6, 6.07) is 4.38. The zero-order chi connectivity index (χ0) is 24.5. The van der Waals surface area contributed by atoms with Gasteiger partial charge in [0.25, 0.3) is 5.69 Å². The Kier molecular flexibility index (Phi) is 13.9. The van der Waals surface area contributed by atoms with Crippen LogP contribution in [0.4, 0.5) is 21.0 Å². The maximum absolute atomic E-state index is 11.7. The highest BCUT2D eigenvalue weighted by Gasteiger charge is 2.15. The number of anilines is 1. The molecular formula is C20H32N4O9. The van der Waals surface area contributed by atoms with Crippen molar-refractivity contribution in [2.24, 2.45) is 0 Å². The van der Waals surface area contributed by atoms with Crippen LogP contribution < -0.4 is 15.5 Å². The number of nitrogens with zero attached hydrogens (tertiary/aromatic N) is 2. The number of carbonyl (C=O) groups is 2. The maximum Gasteiger partial charge on any atom is 0.407 e. The molecule has 0 spiro atoms. The SMILES string of the molecule is CCOCCOCCOC(=O)NCCNC(=O)OCCN(C)c1ccc([N+](=O)[O-])c(CO)c1. The van der Waals surface area contributed by atoms with E-state index >= 15 is 0 Å². The van der Waals surface area contributed by atoms with Gasteiger partial charge in [-0.25, -0.2) is 9.59 Å². The fourth-order valence-electron chi connectivity index (χ4n) is 2.51. The first-order valence-corrected chi connectivity index (χ1v) is 10.4. The zero-order valence-electron chi connectivity index (χ0n) is 18.9. The Balaban J connectivity index is 2.14. The minimum Gasteiger partial charge on any atom is -0.448 e. The minimum absolute atomic E-state index is 0.0620. The summed E-state index contributed by atoms with van der Waals surface area (Å²) < 4.78 is 20.3. The predicted molar refractivity (Wildman–Crippen MR) is 118 cm³/mol. The lowest BCUT2D eigenvalue weighted by Crippen LogP contribution is -2.36. The number of amides is 2. The molecule has 0 heterocycles. The molecule has 0 aromatic heterocycles. The number of nitro groups is 1. The van der Waals surface area contributed by atoms with Crippen LogP contribution in [0, 0.1) is 10.1 Å². The second kappa shape index (κ2) is 16.5. The van der Waals surface area contributed by atoms with E-state index in [1.165, 1.54) is 12.1 Å². The van der Waals surface area contributed by atoms with Crippen LogP contribution in [0.25, 0.3) is 0 Å². The van der Waals surface area contributed by atoms with Crippen molar-refractivity contribution in [1.82, 2.24) is 10.6 Å². The standard InChI is InChI=1S/C20H32N4O9/c1-3-30-10-11-31-12-13-33-20(27)22-7-6-21-19(26)32-9-8-23(2)17-4-5-18(24(28)29)16(14-17)15-25/h4-5,14,25H,3,6-13,15H2,1-2H3,(H,21,26)(H,22,27). The van der Waals surface area contributed by atoms with Gasteiger partial charge in [0, 0.05) is 38.5 Å². The highest BCUT2D eigenvalue weighted by Crippen LogP contribution is 2.24. The van der Waals surface area contributed by atoms with Gasteiger partial charge in [0.1, 0.15) is 13.2 Å². The monoisotopic (exact) mass is 472 g/mol. The Morgan fingerprint density at radius 2 is 1.64 bits per heavy atom. The van der Waals surface area contributed by atoms with E-state index in [1.807, 2.05) is 6.92 Å². The number of benzene rings is 1. The van der Waals surface area contributed by atoms with E-state index < -0.39 is 23.7 Å². The van der Waals surface area contributed by atoms with Crippen LogP contribution >= 0.6 is 0 Å². The fraction of sp³-hybridized carbons (Fsp3) is 0.600. The Morgan fingerprint density at radius 1 is 1.03 bits per heavy atom. The van der Waals surface area contributed by atoms with Crippen LogP contribution in [0.2, 0.25) is 0 Å². The minimum atomic E-state index is -0.652. The van der Waals surface area contributed by atoms with Gasteiger partial charge in [-0.3, -0.25) is 10.1 Å². The summed E-state index contributed by atoms with van der Waals surface area (Å²) in [7, 11) is 1.73. The average Bonchev–Trinajstić information content (AvgIpc) is 2.80. The number of rotatable bonds is 16. The van der Waals surface area contributed by atoms with E-state index in [0.29, 0.717) is 32.1 Å². The molecule has 0 radical (unpaired) electrons. The van der Waals surface area contributed by atoms with Crippen molar-refractivity contribution in [3.8, 4) is 0 Å². The molecule has 0 aliphatic heterocycles. The largest absolute Gasteiger partial charge is 0.448 e.